The SMILES string of the molecule is O=C1CCC(c2ccc(N3CCC(C(=O)O)CC3)cn2)C(O)N1. The van der Waals surface area contributed by atoms with Crippen molar-refractivity contribution in [2.45, 2.75) is 37.8 Å². The molecule has 7 nitrogen and oxygen atoms in total. The molecule has 23 heavy (non-hydrogen) atoms. The van der Waals surface area contributed by atoms with E-state index < -0.39 is 12.2 Å². The van der Waals surface area contributed by atoms with Crippen LogP contribution in [0.4, 0.5) is 5.69 Å². The van der Waals surface area contributed by atoms with Gasteiger partial charge in [0.1, 0.15) is 6.23 Å². The first kappa shape index (κ1) is 15.7. The van der Waals surface area contributed by atoms with E-state index in [-0.39, 0.29) is 17.7 Å². The Bertz CT molecular complexity index is 581. The number of piperidine rings is 2. The summed E-state index contributed by atoms with van der Waals surface area (Å²) in [6.07, 6.45) is 3.15. The van der Waals surface area contributed by atoms with Crippen molar-refractivity contribution < 1.29 is 19.8 Å². The molecule has 2 atom stereocenters. The third-order valence-electron chi connectivity index (χ3n) is 4.73. The normalized spacial score (nSPS) is 26.0. The molecule has 1 aromatic rings. The molecule has 1 aromatic heterocycles. The third kappa shape index (κ3) is 3.44. The lowest BCUT2D eigenvalue weighted by molar-refractivity contribution is -0.142. The number of nitrogens with one attached hydrogen (secondary N) is 1. The molecule has 0 aromatic carbocycles. The van der Waals surface area contributed by atoms with Crippen molar-refractivity contribution >= 4 is 17.6 Å². The van der Waals surface area contributed by atoms with Gasteiger partial charge in [-0.05, 0) is 31.4 Å². The van der Waals surface area contributed by atoms with Crippen LogP contribution in [0.25, 0.3) is 0 Å². The summed E-state index contributed by atoms with van der Waals surface area (Å²) in [5.41, 5.74) is 1.73. The number of nitrogens with zero attached hydrogens (tertiary/aromatic N) is 2. The Labute approximate surface area is 134 Å². The Morgan fingerprint density at radius 2 is 2.00 bits per heavy atom. The molecule has 0 radical (unpaired) electrons. The van der Waals surface area contributed by atoms with E-state index in [9.17, 15) is 14.7 Å². The molecule has 0 aliphatic carbocycles. The molecule has 1 amide bonds. The molecule has 3 N–H and O–H groups in total. The number of rotatable bonds is 3. The fraction of sp³-hybridized carbons (Fsp3) is 0.562. The van der Waals surface area contributed by atoms with E-state index in [1.165, 1.54) is 0 Å². The first-order valence-corrected chi connectivity index (χ1v) is 7.95. The molecule has 2 aliphatic rings. The number of carbonyl (C=O) groups is 2. The van der Waals surface area contributed by atoms with Crippen molar-refractivity contribution in [1.82, 2.24) is 10.3 Å². The summed E-state index contributed by atoms with van der Waals surface area (Å²) in [5, 5.41) is 21.5. The molecule has 3 rings (SSSR count). The van der Waals surface area contributed by atoms with E-state index >= 15 is 0 Å². The van der Waals surface area contributed by atoms with Gasteiger partial charge < -0.3 is 20.4 Å². The average Bonchev–Trinajstić information content (AvgIpc) is 2.55. The third-order valence-corrected chi connectivity index (χ3v) is 4.73. The number of amides is 1. The Balaban J connectivity index is 1.64. The maximum absolute atomic E-state index is 11.2. The topological polar surface area (TPSA) is 103 Å². The summed E-state index contributed by atoms with van der Waals surface area (Å²) in [5.74, 6) is -1.28. The summed E-state index contributed by atoms with van der Waals surface area (Å²) < 4.78 is 0. The van der Waals surface area contributed by atoms with Crippen molar-refractivity contribution in [3.63, 3.8) is 0 Å². The van der Waals surface area contributed by atoms with E-state index in [4.69, 9.17) is 5.11 Å². The summed E-state index contributed by atoms with van der Waals surface area (Å²) in [7, 11) is 0. The summed E-state index contributed by atoms with van der Waals surface area (Å²) in [6, 6.07) is 3.83. The molecule has 2 aliphatic heterocycles. The van der Waals surface area contributed by atoms with Crippen LogP contribution in [0.1, 0.15) is 37.3 Å². The van der Waals surface area contributed by atoms with Crippen LogP contribution in [0.5, 0.6) is 0 Å². The van der Waals surface area contributed by atoms with Crippen LogP contribution in [0.3, 0.4) is 0 Å². The lowest BCUT2D eigenvalue weighted by Gasteiger charge is -2.32. The van der Waals surface area contributed by atoms with Crippen LogP contribution in [-0.2, 0) is 9.59 Å². The van der Waals surface area contributed by atoms with Gasteiger partial charge in [-0.2, -0.15) is 0 Å². The molecular formula is C16H21N3O4. The molecule has 2 saturated heterocycles. The second kappa shape index (κ2) is 6.54. The van der Waals surface area contributed by atoms with Crippen molar-refractivity contribution in [3.8, 4) is 0 Å². The van der Waals surface area contributed by atoms with Gasteiger partial charge in [0.15, 0.2) is 0 Å². The molecule has 0 saturated carbocycles. The second-order valence-corrected chi connectivity index (χ2v) is 6.20. The van der Waals surface area contributed by atoms with Crippen LogP contribution in [-0.4, -0.2) is 46.4 Å². The van der Waals surface area contributed by atoms with E-state index in [0.29, 0.717) is 38.8 Å². The van der Waals surface area contributed by atoms with Crippen molar-refractivity contribution in [2.75, 3.05) is 18.0 Å². The number of aliphatic carboxylic acids is 1. The van der Waals surface area contributed by atoms with Crippen LogP contribution in [0.2, 0.25) is 0 Å². The Kier molecular flexibility index (Phi) is 4.47. The molecule has 124 valence electrons. The minimum Gasteiger partial charge on any atom is -0.481 e. The minimum atomic E-state index is -0.888. The molecule has 0 bridgehead atoms. The number of aliphatic hydroxyl groups is 1. The minimum absolute atomic E-state index is 0.133. The predicted octanol–water partition coefficient (Wildman–Crippen LogP) is 0.695. The number of hydrogen-bond acceptors (Lipinski definition) is 5. The van der Waals surface area contributed by atoms with Gasteiger partial charge in [0.25, 0.3) is 0 Å². The highest BCUT2D eigenvalue weighted by Crippen LogP contribution is 2.28. The summed E-state index contributed by atoms with van der Waals surface area (Å²) >= 11 is 0. The van der Waals surface area contributed by atoms with Gasteiger partial charge in [-0.3, -0.25) is 14.6 Å². The van der Waals surface area contributed by atoms with E-state index in [1.807, 2.05) is 12.1 Å². The van der Waals surface area contributed by atoms with Crippen LogP contribution >= 0.6 is 0 Å². The second-order valence-electron chi connectivity index (χ2n) is 6.20. The summed E-state index contributed by atoms with van der Waals surface area (Å²) in [6.45, 7) is 1.42. The van der Waals surface area contributed by atoms with Gasteiger partial charge in [-0.15, -0.1) is 0 Å². The monoisotopic (exact) mass is 319 g/mol. The molecule has 3 heterocycles. The van der Waals surface area contributed by atoms with E-state index in [0.717, 1.165) is 11.4 Å². The first-order valence-electron chi connectivity index (χ1n) is 7.95. The highest BCUT2D eigenvalue weighted by molar-refractivity contribution is 5.77. The van der Waals surface area contributed by atoms with Gasteiger partial charge in [0.2, 0.25) is 5.91 Å². The van der Waals surface area contributed by atoms with E-state index in [2.05, 4.69) is 15.2 Å². The number of carbonyl (C=O) groups excluding carboxylic acids is 1. The van der Waals surface area contributed by atoms with Gasteiger partial charge in [0, 0.05) is 31.1 Å². The number of pyridine rings is 1. The van der Waals surface area contributed by atoms with Gasteiger partial charge in [-0.1, -0.05) is 0 Å². The predicted molar refractivity (Wildman–Crippen MR) is 82.9 cm³/mol. The average molecular weight is 319 g/mol. The van der Waals surface area contributed by atoms with Crippen LogP contribution in [0, 0.1) is 5.92 Å². The van der Waals surface area contributed by atoms with Crippen molar-refractivity contribution in [3.05, 3.63) is 24.0 Å². The highest BCUT2D eigenvalue weighted by Gasteiger charge is 2.29. The quantitative estimate of drug-likeness (QED) is 0.758. The van der Waals surface area contributed by atoms with Gasteiger partial charge >= 0.3 is 5.97 Å². The zero-order valence-electron chi connectivity index (χ0n) is 12.8. The number of hydrogen-bond donors (Lipinski definition) is 3. The molecular weight excluding hydrogens is 298 g/mol. The van der Waals surface area contributed by atoms with Crippen molar-refractivity contribution in [1.29, 1.82) is 0 Å². The van der Waals surface area contributed by atoms with Crippen LogP contribution in [0.15, 0.2) is 18.3 Å². The van der Waals surface area contributed by atoms with Gasteiger partial charge in [0.05, 0.1) is 17.8 Å². The molecule has 2 fully saturated rings. The summed E-state index contributed by atoms with van der Waals surface area (Å²) in [4.78, 5) is 28.8. The largest absolute Gasteiger partial charge is 0.481 e. The van der Waals surface area contributed by atoms with Crippen LogP contribution < -0.4 is 10.2 Å². The Morgan fingerprint density at radius 3 is 2.57 bits per heavy atom. The Morgan fingerprint density at radius 1 is 1.26 bits per heavy atom. The first-order chi connectivity index (χ1) is 11.0. The fourth-order valence-electron chi connectivity index (χ4n) is 3.28. The lowest BCUT2D eigenvalue weighted by Crippen LogP contribution is -2.43. The molecule has 7 heteroatoms. The van der Waals surface area contributed by atoms with Gasteiger partial charge in [-0.25, -0.2) is 0 Å². The number of carboxylic acids is 1. The number of carboxylic acid groups (broad SMARTS) is 1. The fourth-order valence-corrected chi connectivity index (χ4v) is 3.28. The highest BCUT2D eigenvalue weighted by atomic mass is 16.4. The zero-order valence-corrected chi connectivity index (χ0v) is 12.8. The standard InChI is InChI=1S/C16H21N3O4/c20-14-4-2-12(15(21)18-14)13-3-1-11(9-17-13)19-7-5-10(6-8-19)16(22)23/h1,3,9-10,12,15,21H,2,4-8H2,(H,18,20)(H,22,23). The maximum Gasteiger partial charge on any atom is 0.306 e. The zero-order chi connectivity index (χ0) is 16.4. The smallest absolute Gasteiger partial charge is 0.306 e. The van der Waals surface area contributed by atoms with Crippen molar-refractivity contribution in [2.24, 2.45) is 5.92 Å². The number of aromatic nitrogens is 1. The lowest BCUT2D eigenvalue weighted by atomic mass is 9.93. The van der Waals surface area contributed by atoms with E-state index in [1.54, 1.807) is 6.20 Å². The Hall–Kier alpha value is -2.15. The molecule has 2 unspecified atom stereocenters. The molecule has 0 spiro atoms. The number of aliphatic hydroxyl groups excluding tert-OH is 1. The number of anilines is 1. The maximum atomic E-state index is 11.2.